The zero-order valence-electron chi connectivity index (χ0n) is 9.95. The Bertz CT molecular complexity index is 592. The molecule has 2 aromatic rings. The van der Waals surface area contributed by atoms with Crippen LogP contribution >= 0.6 is 34.3 Å². The summed E-state index contributed by atoms with van der Waals surface area (Å²) in [7, 11) is 0. The van der Waals surface area contributed by atoms with E-state index in [9.17, 15) is 4.79 Å². The molecule has 2 aromatic heterocycles. The zero-order valence-corrected chi connectivity index (χ0v) is 12.3. The third kappa shape index (κ3) is 2.45. The standard InChI is InChI=1S/C13H11ClN2OS2/c14-8-13(17)16-10(12-4-2-6-19-12)7-9(15-16)11-3-1-5-18-11/h1-6,10H,7-8H2. The summed E-state index contributed by atoms with van der Waals surface area (Å²) in [6, 6.07) is 8.05. The Balaban J connectivity index is 1.93. The van der Waals surface area contributed by atoms with E-state index in [2.05, 4.69) is 5.10 Å². The van der Waals surface area contributed by atoms with Crippen molar-refractivity contribution in [2.45, 2.75) is 12.5 Å². The minimum Gasteiger partial charge on any atom is -0.272 e. The first kappa shape index (κ1) is 12.8. The van der Waals surface area contributed by atoms with E-state index >= 15 is 0 Å². The van der Waals surface area contributed by atoms with Crippen molar-refractivity contribution in [2.75, 3.05) is 5.88 Å². The first-order valence-electron chi connectivity index (χ1n) is 5.82. The fourth-order valence-corrected chi connectivity index (χ4v) is 3.75. The molecule has 0 fully saturated rings. The normalized spacial score (nSPS) is 18.7. The van der Waals surface area contributed by atoms with Gasteiger partial charge in [-0.25, -0.2) is 5.01 Å². The molecule has 3 nitrogen and oxygen atoms in total. The molecule has 0 radical (unpaired) electrons. The summed E-state index contributed by atoms with van der Waals surface area (Å²) >= 11 is 8.96. The van der Waals surface area contributed by atoms with Crippen molar-refractivity contribution in [2.24, 2.45) is 5.10 Å². The monoisotopic (exact) mass is 310 g/mol. The van der Waals surface area contributed by atoms with E-state index in [-0.39, 0.29) is 17.8 Å². The molecule has 1 amide bonds. The highest BCUT2D eigenvalue weighted by atomic mass is 35.5. The SMILES string of the molecule is O=C(CCl)N1N=C(c2cccs2)CC1c1cccs1. The summed E-state index contributed by atoms with van der Waals surface area (Å²) in [6.45, 7) is 0. The number of nitrogens with zero attached hydrogens (tertiary/aromatic N) is 2. The Hall–Kier alpha value is -1.17. The quantitative estimate of drug-likeness (QED) is 0.795. The van der Waals surface area contributed by atoms with E-state index in [1.807, 2.05) is 35.0 Å². The van der Waals surface area contributed by atoms with Crippen LogP contribution in [0, 0.1) is 0 Å². The van der Waals surface area contributed by atoms with Gasteiger partial charge in [0.05, 0.1) is 16.6 Å². The van der Waals surface area contributed by atoms with Crippen molar-refractivity contribution in [1.82, 2.24) is 5.01 Å². The number of alkyl halides is 1. The number of hydrogen-bond acceptors (Lipinski definition) is 4. The van der Waals surface area contributed by atoms with Crippen LogP contribution in [0.15, 0.2) is 40.1 Å². The maximum atomic E-state index is 11.9. The van der Waals surface area contributed by atoms with Gasteiger partial charge in [0, 0.05) is 11.3 Å². The van der Waals surface area contributed by atoms with E-state index in [4.69, 9.17) is 11.6 Å². The number of carbonyl (C=O) groups excluding carboxylic acids is 1. The number of thiophene rings is 2. The second-order valence-electron chi connectivity index (χ2n) is 4.13. The molecule has 0 aliphatic carbocycles. The Kier molecular flexibility index (Phi) is 3.68. The maximum Gasteiger partial charge on any atom is 0.258 e. The largest absolute Gasteiger partial charge is 0.272 e. The van der Waals surface area contributed by atoms with Crippen LogP contribution in [0.5, 0.6) is 0 Å². The number of halogens is 1. The first-order chi connectivity index (χ1) is 9.29. The number of hydrogen-bond donors (Lipinski definition) is 0. The Morgan fingerprint density at radius 2 is 2.16 bits per heavy atom. The Labute approximate surface area is 124 Å². The van der Waals surface area contributed by atoms with Crippen LogP contribution in [0.1, 0.15) is 22.2 Å². The van der Waals surface area contributed by atoms with Gasteiger partial charge in [0.2, 0.25) is 0 Å². The fraction of sp³-hybridized carbons (Fsp3) is 0.231. The van der Waals surface area contributed by atoms with Crippen LogP contribution in [0.2, 0.25) is 0 Å². The van der Waals surface area contributed by atoms with E-state index in [0.29, 0.717) is 0 Å². The molecule has 0 bridgehead atoms. The maximum absolute atomic E-state index is 11.9. The molecule has 6 heteroatoms. The van der Waals surface area contributed by atoms with Crippen molar-refractivity contribution in [1.29, 1.82) is 0 Å². The zero-order chi connectivity index (χ0) is 13.2. The van der Waals surface area contributed by atoms with Gasteiger partial charge in [-0.2, -0.15) is 5.10 Å². The second-order valence-corrected chi connectivity index (χ2v) is 6.33. The highest BCUT2D eigenvalue weighted by Crippen LogP contribution is 2.35. The summed E-state index contributed by atoms with van der Waals surface area (Å²) in [5.74, 6) is -0.185. The van der Waals surface area contributed by atoms with E-state index < -0.39 is 0 Å². The summed E-state index contributed by atoms with van der Waals surface area (Å²) < 4.78 is 0. The number of hydrazone groups is 1. The highest BCUT2D eigenvalue weighted by Gasteiger charge is 2.33. The average Bonchev–Trinajstić information content (AvgIpc) is 3.14. The fourth-order valence-electron chi connectivity index (χ4n) is 2.10. The topological polar surface area (TPSA) is 32.7 Å². The van der Waals surface area contributed by atoms with E-state index in [1.54, 1.807) is 22.7 Å². The summed E-state index contributed by atoms with van der Waals surface area (Å²) in [5.41, 5.74) is 0.965. The van der Waals surface area contributed by atoms with Gasteiger partial charge in [-0.05, 0) is 22.9 Å². The number of amides is 1. The third-order valence-corrected chi connectivity index (χ3v) is 5.08. The number of carbonyl (C=O) groups is 1. The summed E-state index contributed by atoms with van der Waals surface area (Å²) in [6.07, 6.45) is 0.754. The van der Waals surface area contributed by atoms with Gasteiger partial charge in [-0.3, -0.25) is 4.79 Å². The van der Waals surface area contributed by atoms with E-state index in [1.165, 1.54) is 5.01 Å². The predicted molar refractivity (Wildman–Crippen MR) is 80.1 cm³/mol. The molecule has 98 valence electrons. The smallest absolute Gasteiger partial charge is 0.258 e. The first-order valence-corrected chi connectivity index (χ1v) is 8.11. The molecular formula is C13H11ClN2OS2. The minimum absolute atomic E-state index is 0.0108. The van der Waals surface area contributed by atoms with Crippen LogP contribution in [0.25, 0.3) is 0 Å². The van der Waals surface area contributed by atoms with Crippen molar-refractivity contribution < 1.29 is 4.79 Å². The Morgan fingerprint density at radius 3 is 2.79 bits per heavy atom. The molecule has 0 saturated heterocycles. The Morgan fingerprint density at radius 1 is 1.37 bits per heavy atom. The lowest BCUT2D eigenvalue weighted by molar-refractivity contribution is -0.130. The molecule has 19 heavy (non-hydrogen) atoms. The average molecular weight is 311 g/mol. The van der Waals surface area contributed by atoms with Gasteiger partial charge < -0.3 is 0 Å². The molecule has 0 aromatic carbocycles. The van der Waals surface area contributed by atoms with Crippen LogP contribution in [-0.4, -0.2) is 22.5 Å². The minimum atomic E-state index is -0.147. The number of rotatable bonds is 3. The molecule has 1 aliphatic heterocycles. The van der Waals surface area contributed by atoms with Gasteiger partial charge in [0.25, 0.3) is 5.91 Å². The molecule has 1 unspecified atom stereocenters. The van der Waals surface area contributed by atoms with E-state index in [0.717, 1.165) is 21.9 Å². The van der Waals surface area contributed by atoms with Crippen molar-refractivity contribution >= 4 is 45.9 Å². The predicted octanol–water partition coefficient (Wildman–Crippen LogP) is 3.73. The molecule has 0 saturated carbocycles. The molecular weight excluding hydrogens is 300 g/mol. The molecule has 0 N–H and O–H groups in total. The lowest BCUT2D eigenvalue weighted by Crippen LogP contribution is -2.27. The molecule has 1 aliphatic rings. The molecule has 0 spiro atoms. The van der Waals surface area contributed by atoms with Gasteiger partial charge >= 0.3 is 0 Å². The van der Waals surface area contributed by atoms with Gasteiger partial charge in [0.1, 0.15) is 5.88 Å². The van der Waals surface area contributed by atoms with Crippen LogP contribution in [0.3, 0.4) is 0 Å². The molecule has 1 atom stereocenters. The lowest BCUT2D eigenvalue weighted by Gasteiger charge is -2.19. The van der Waals surface area contributed by atoms with Crippen LogP contribution in [-0.2, 0) is 4.79 Å². The summed E-state index contributed by atoms with van der Waals surface area (Å²) in [4.78, 5) is 14.2. The summed E-state index contributed by atoms with van der Waals surface area (Å²) in [5, 5.41) is 10.0. The lowest BCUT2D eigenvalue weighted by atomic mass is 10.1. The molecule has 3 rings (SSSR count). The van der Waals surface area contributed by atoms with Crippen molar-refractivity contribution in [3.05, 3.63) is 44.8 Å². The van der Waals surface area contributed by atoms with Gasteiger partial charge in [0.15, 0.2) is 0 Å². The van der Waals surface area contributed by atoms with Crippen LogP contribution < -0.4 is 0 Å². The van der Waals surface area contributed by atoms with Crippen LogP contribution in [0.4, 0.5) is 0 Å². The third-order valence-electron chi connectivity index (χ3n) is 2.96. The van der Waals surface area contributed by atoms with Crippen molar-refractivity contribution in [3.8, 4) is 0 Å². The second kappa shape index (κ2) is 5.45. The molecule has 3 heterocycles. The van der Waals surface area contributed by atoms with Gasteiger partial charge in [-0.15, -0.1) is 34.3 Å². The van der Waals surface area contributed by atoms with Crippen molar-refractivity contribution in [3.63, 3.8) is 0 Å². The van der Waals surface area contributed by atoms with Gasteiger partial charge in [-0.1, -0.05) is 12.1 Å². The highest BCUT2D eigenvalue weighted by molar-refractivity contribution is 7.12.